The van der Waals surface area contributed by atoms with Crippen molar-refractivity contribution in [2.75, 3.05) is 0 Å². The Hall–Kier alpha value is -0.580. The number of benzene rings is 1. The maximum atomic E-state index is 5.86. The van der Waals surface area contributed by atoms with Gasteiger partial charge in [0.15, 0.2) is 0 Å². The van der Waals surface area contributed by atoms with Crippen LogP contribution in [0.5, 0.6) is 11.6 Å². The summed E-state index contributed by atoms with van der Waals surface area (Å²) in [5.74, 6) is 1.16. The van der Waals surface area contributed by atoms with E-state index in [0.29, 0.717) is 16.7 Å². The molecule has 2 rings (SSSR count). The van der Waals surface area contributed by atoms with E-state index in [1.165, 1.54) is 0 Å². The Labute approximate surface area is 115 Å². The maximum absolute atomic E-state index is 5.86. The predicted molar refractivity (Wildman–Crippen MR) is 71.2 cm³/mol. The summed E-state index contributed by atoms with van der Waals surface area (Å²) in [6, 6.07) is 9.04. The van der Waals surface area contributed by atoms with Crippen LogP contribution in [-0.2, 0) is 0 Å². The molecule has 0 amide bonds. The molecule has 0 saturated heterocycles. The molecule has 0 saturated carbocycles. The van der Waals surface area contributed by atoms with Crippen molar-refractivity contribution in [3.8, 4) is 11.6 Å². The second kappa shape index (κ2) is 5.17. The second-order valence-electron chi connectivity index (χ2n) is 3.00. The molecule has 82 valence electrons. The van der Waals surface area contributed by atoms with Gasteiger partial charge in [0.2, 0.25) is 5.88 Å². The van der Waals surface area contributed by atoms with Gasteiger partial charge in [0.1, 0.15) is 5.75 Å². The average molecular weight is 363 g/mol. The van der Waals surface area contributed by atoms with Gasteiger partial charge in [-0.05, 0) is 56.1 Å². The highest BCUT2D eigenvalue weighted by Crippen LogP contribution is 2.30. The van der Waals surface area contributed by atoms with Crippen LogP contribution in [0.3, 0.4) is 0 Å². The maximum Gasteiger partial charge on any atom is 0.233 e. The third-order valence-corrected chi connectivity index (χ3v) is 3.02. The molecule has 0 aliphatic rings. The van der Waals surface area contributed by atoms with Crippen molar-refractivity contribution in [3.63, 3.8) is 0 Å². The zero-order valence-electron chi connectivity index (χ0n) is 7.95. The Morgan fingerprint density at radius 1 is 1.19 bits per heavy atom. The van der Waals surface area contributed by atoms with Crippen LogP contribution in [0.25, 0.3) is 0 Å². The average Bonchev–Trinajstić information content (AvgIpc) is 2.22. The minimum absolute atomic E-state index is 0.505. The summed E-state index contributed by atoms with van der Waals surface area (Å²) in [6.07, 6.45) is 1.67. The molecule has 5 heteroatoms. The van der Waals surface area contributed by atoms with Crippen molar-refractivity contribution >= 4 is 43.5 Å². The first-order chi connectivity index (χ1) is 7.65. The number of hydrogen-bond acceptors (Lipinski definition) is 2. The van der Waals surface area contributed by atoms with Crippen LogP contribution in [0.1, 0.15) is 0 Å². The second-order valence-corrected chi connectivity index (χ2v) is 5.21. The lowest BCUT2D eigenvalue weighted by molar-refractivity contribution is 0.459. The Kier molecular flexibility index (Phi) is 3.84. The molecule has 0 radical (unpaired) electrons. The number of nitrogens with zero attached hydrogens (tertiary/aromatic N) is 1. The normalized spacial score (nSPS) is 10.2. The highest BCUT2D eigenvalue weighted by atomic mass is 79.9. The molecule has 1 aromatic carbocycles. The third-order valence-electron chi connectivity index (χ3n) is 1.78. The molecular formula is C11H6Br2ClNO. The number of hydrogen-bond donors (Lipinski definition) is 0. The molecule has 0 bridgehead atoms. The van der Waals surface area contributed by atoms with Gasteiger partial charge in [0, 0.05) is 15.7 Å². The van der Waals surface area contributed by atoms with Crippen LogP contribution in [0.4, 0.5) is 0 Å². The fraction of sp³-hybridized carbons (Fsp3) is 0. The summed E-state index contributed by atoms with van der Waals surface area (Å²) in [6.45, 7) is 0. The van der Waals surface area contributed by atoms with Crippen LogP contribution in [0.15, 0.2) is 45.5 Å². The van der Waals surface area contributed by atoms with Crippen molar-refractivity contribution < 1.29 is 4.74 Å². The lowest BCUT2D eigenvalue weighted by Gasteiger charge is -2.06. The summed E-state index contributed by atoms with van der Waals surface area (Å²) in [7, 11) is 0. The highest BCUT2D eigenvalue weighted by Gasteiger charge is 2.05. The molecule has 0 atom stereocenters. The molecule has 0 unspecified atom stereocenters. The lowest BCUT2D eigenvalue weighted by atomic mass is 10.3. The van der Waals surface area contributed by atoms with Crippen molar-refractivity contribution in [2.24, 2.45) is 0 Å². The van der Waals surface area contributed by atoms with Gasteiger partial charge < -0.3 is 4.74 Å². The number of halogens is 3. The SMILES string of the molecule is Clc1cccc(Oc2ncc(Br)cc2Br)c1. The van der Waals surface area contributed by atoms with Crippen LogP contribution in [0.2, 0.25) is 5.02 Å². The van der Waals surface area contributed by atoms with E-state index in [-0.39, 0.29) is 0 Å². The van der Waals surface area contributed by atoms with E-state index >= 15 is 0 Å². The van der Waals surface area contributed by atoms with Gasteiger partial charge in [-0.1, -0.05) is 17.7 Å². The van der Waals surface area contributed by atoms with Gasteiger partial charge in [-0.2, -0.15) is 0 Å². The molecule has 0 aliphatic heterocycles. The first-order valence-electron chi connectivity index (χ1n) is 4.39. The van der Waals surface area contributed by atoms with E-state index in [1.54, 1.807) is 18.3 Å². The summed E-state index contributed by atoms with van der Waals surface area (Å²) < 4.78 is 7.25. The zero-order chi connectivity index (χ0) is 11.5. The van der Waals surface area contributed by atoms with Crippen molar-refractivity contribution in [2.45, 2.75) is 0 Å². The summed E-state index contributed by atoms with van der Waals surface area (Å²) in [5, 5.41) is 0.630. The largest absolute Gasteiger partial charge is 0.438 e. The Morgan fingerprint density at radius 2 is 2.00 bits per heavy atom. The molecule has 1 heterocycles. The fourth-order valence-electron chi connectivity index (χ4n) is 1.12. The summed E-state index contributed by atoms with van der Waals surface area (Å²) in [5.41, 5.74) is 0. The number of pyridine rings is 1. The summed E-state index contributed by atoms with van der Waals surface area (Å²) >= 11 is 12.6. The molecule has 1 aromatic heterocycles. The van der Waals surface area contributed by atoms with Gasteiger partial charge in [0.05, 0.1) is 4.47 Å². The zero-order valence-corrected chi connectivity index (χ0v) is 11.9. The van der Waals surface area contributed by atoms with Gasteiger partial charge in [-0.25, -0.2) is 4.98 Å². The Morgan fingerprint density at radius 3 is 2.69 bits per heavy atom. The number of ether oxygens (including phenoxy) is 1. The standard InChI is InChI=1S/C11H6Br2ClNO/c12-7-4-10(13)11(15-6-7)16-9-3-1-2-8(14)5-9/h1-6H. The molecule has 2 aromatic rings. The van der Waals surface area contributed by atoms with Gasteiger partial charge >= 0.3 is 0 Å². The number of rotatable bonds is 2. The monoisotopic (exact) mass is 361 g/mol. The van der Waals surface area contributed by atoms with Crippen molar-refractivity contribution in [1.29, 1.82) is 0 Å². The molecule has 0 aliphatic carbocycles. The predicted octanol–water partition coefficient (Wildman–Crippen LogP) is 5.05. The van der Waals surface area contributed by atoms with Crippen LogP contribution >= 0.6 is 43.5 Å². The first-order valence-corrected chi connectivity index (χ1v) is 6.36. The van der Waals surface area contributed by atoms with Gasteiger partial charge in [0.25, 0.3) is 0 Å². The molecule has 0 N–H and O–H groups in total. The minimum atomic E-state index is 0.505. The molecule has 0 fully saturated rings. The Balaban J connectivity index is 2.27. The van der Waals surface area contributed by atoms with Gasteiger partial charge in [-0.3, -0.25) is 0 Å². The molecular weight excluding hydrogens is 357 g/mol. The van der Waals surface area contributed by atoms with E-state index in [9.17, 15) is 0 Å². The lowest BCUT2D eigenvalue weighted by Crippen LogP contribution is -1.88. The quantitative estimate of drug-likeness (QED) is 0.745. The van der Waals surface area contributed by atoms with Crippen molar-refractivity contribution in [3.05, 3.63) is 50.5 Å². The van der Waals surface area contributed by atoms with Crippen LogP contribution < -0.4 is 4.74 Å². The van der Waals surface area contributed by atoms with E-state index in [4.69, 9.17) is 16.3 Å². The van der Waals surface area contributed by atoms with Crippen molar-refractivity contribution in [1.82, 2.24) is 4.98 Å². The summed E-state index contributed by atoms with van der Waals surface area (Å²) in [4.78, 5) is 4.14. The van der Waals surface area contributed by atoms with E-state index in [1.807, 2.05) is 18.2 Å². The van der Waals surface area contributed by atoms with E-state index in [2.05, 4.69) is 36.8 Å². The number of aromatic nitrogens is 1. The molecule has 16 heavy (non-hydrogen) atoms. The first kappa shape index (κ1) is 11.9. The molecule has 2 nitrogen and oxygen atoms in total. The fourth-order valence-corrected chi connectivity index (χ4v) is 2.37. The smallest absolute Gasteiger partial charge is 0.233 e. The van der Waals surface area contributed by atoms with E-state index in [0.717, 1.165) is 8.95 Å². The third kappa shape index (κ3) is 2.97. The van der Waals surface area contributed by atoms with Crippen LogP contribution in [-0.4, -0.2) is 4.98 Å². The topological polar surface area (TPSA) is 22.1 Å². The van der Waals surface area contributed by atoms with Gasteiger partial charge in [-0.15, -0.1) is 0 Å². The van der Waals surface area contributed by atoms with Crippen LogP contribution in [0, 0.1) is 0 Å². The van der Waals surface area contributed by atoms with E-state index < -0.39 is 0 Å². The minimum Gasteiger partial charge on any atom is -0.438 e. The Bertz CT molecular complexity index is 519. The molecule has 0 spiro atoms. The highest BCUT2D eigenvalue weighted by molar-refractivity contribution is 9.11.